The molecule has 0 spiro atoms. The fourth-order valence-electron chi connectivity index (χ4n) is 2.51. The minimum absolute atomic E-state index is 0.697. The molecule has 1 saturated heterocycles. The number of hydrogen-bond acceptors (Lipinski definition) is 5. The lowest BCUT2D eigenvalue weighted by molar-refractivity contribution is 0.284. The monoisotopic (exact) mass is 249 g/mol. The maximum Gasteiger partial charge on any atom is 0.224 e. The molecule has 0 aromatic carbocycles. The first kappa shape index (κ1) is 13.1. The molecule has 5 nitrogen and oxygen atoms in total. The summed E-state index contributed by atoms with van der Waals surface area (Å²) in [4.78, 5) is 13.3. The van der Waals surface area contributed by atoms with Crippen LogP contribution in [0.25, 0.3) is 0 Å². The zero-order chi connectivity index (χ0) is 13.0. The molecule has 1 aliphatic rings. The summed E-state index contributed by atoms with van der Waals surface area (Å²) in [5.41, 5.74) is 0. The van der Waals surface area contributed by atoms with Crippen LogP contribution in [0.4, 0.5) is 11.8 Å². The second-order valence-corrected chi connectivity index (χ2v) is 5.18. The Kier molecular flexibility index (Phi) is 4.36. The highest BCUT2D eigenvalue weighted by atomic mass is 15.2. The minimum atomic E-state index is 0.697. The van der Waals surface area contributed by atoms with Gasteiger partial charge in [0.25, 0.3) is 0 Å². The summed E-state index contributed by atoms with van der Waals surface area (Å²) in [6.45, 7) is 3.39. The molecule has 1 fully saturated rings. The summed E-state index contributed by atoms with van der Waals surface area (Å²) in [5.74, 6) is 2.56. The molecule has 0 atom stereocenters. The van der Waals surface area contributed by atoms with Gasteiger partial charge in [-0.2, -0.15) is 4.98 Å². The van der Waals surface area contributed by atoms with E-state index in [-0.39, 0.29) is 0 Å². The summed E-state index contributed by atoms with van der Waals surface area (Å²) < 4.78 is 0. The van der Waals surface area contributed by atoms with Gasteiger partial charge in [-0.15, -0.1) is 0 Å². The van der Waals surface area contributed by atoms with Crippen LogP contribution in [0.2, 0.25) is 0 Å². The first-order valence-electron chi connectivity index (χ1n) is 6.59. The van der Waals surface area contributed by atoms with Crippen LogP contribution < -0.4 is 10.2 Å². The predicted molar refractivity (Wildman–Crippen MR) is 75.1 cm³/mol. The van der Waals surface area contributed by atoms with E-state index in [2.05, 4.69) is 39.2 Å². The molecule has 1 aromatic rings. The Morgan fingerprint density at radius 3 is 2.72 bits per heavy atom. The van der Waals surface area contributed by atoms with Gasteiger partial charge in [0.1, 0.15) is 5.82 Å². The highest BCUT2D eigenvalue weighted by molar-refractivity contribution is 5.42. The third-order valence-electron chi connectivity index (χ3n) is 3.43. The third kappa shape index (κ3) is 3.32. The zero-order valence-corrected chi connectivity index (χ0v) is 11.6. The number of nitrogens with zero attached hydrogens (tertiary/aromatic N) is 4. The van der Waals surface area contributed by atoms with E-state index in [9.17, 15) is 0 Å². The summed E-state index contributed by atoms with van der Waals surface area (Å²) in [6.07, 6.45) is 4.31. The average Bonchev–Trinajstić information content (AvgIpc) is 2.39. The van der Waals surface area contributed by atoms with Gasteiger partial charge >= 0.3 is 0 Å². The Morgan fingerprint density at radius 1 is 1.39 bits per heavy atom. The Hall–Kier alpha value is -1.36. The first-order chi connectivity index (χ1) is 8.69. The largest absolute Gasteiger partial charge is 0.357 e. The molecular weight excluding hydrogens is 226 g/mol. The van der Waals surface area contributed by atoms with Crippen molar-refractivity contribution in [2.45, 2.75) is 12.8 Å². The molecule has 5 heteroatoms. The van der Waals surface area contributed by atoms with Gasteiger partial charge in [-0.25, -0.2) is 4.98 Å². The van der Waals surface area contributed by atoms with Gasteiger partial charge in [0, 0.05) is 32.9 Å². The number of anilines is 2. The molecule has 0 radical (unpaired) electrons. The van der Waals surface area contributed by atoms with Gasteiger partial charge in [0.2, 0.25) is 5.95 Å². The SMILES string of the molecule is CNc1nccc(N2CCC(CN(C)C)CC2)n1. The molecule has 2 rings (SSSR count). The summed E-state index contributed by atoms with van der Waals surface area (Å²) in [7, 11) is 6.15. The van der Waals surface area contributed by atoms with Gasteiger partial charge in [-0.3, -0.25) is 0 Å². The van der Waals surface area contributed by atoms with E-state index in [4.69, 9.17) is 0 Å². The molecule has 1 N–H and O–H groups in total. The Labute approximate surface area is 109 Å². The van der Waals surface area contributed by atoms with Crippen LogP contribution in [0, 0.1) is 5.92 Å². The van der Waals surface area contributed by atoms with Gasteiger partial charge in [-0.05, 0) is 38.9 Å². The number of rotatable bonds is 4. The third-order valence-corrected chi connectivity index (χ3v) is 3.43. The number of piperidine rings is 1. The fraction of sp³-hybridized carbons (Fsp3) is 0.692. The lowest BCUT2D eigenvalue weighted by atomic mass is 9.96. The quantitative estimate of drug-likeness (QED) is 0.871. The van der Waals surface area contributed by atoms with E-state index >= 15 is 0 Å². The topological polar surface area (TPSA) is 44.3 Å². The lowest BCUT2D eigenvalue weighted by Gasteiger charge is -2.33. The maximum absolute atomic E-state index is 4.49. The predicted octanol–water partition coefficient (Wildman–Crippen LogP) is 1.30. The van der Waals surface area contributed by atoms with Gasteiger partial charge in [-0.1, -0.05) is 0 Å². The molecule has 1 aromatic heterocycles. The molecule has 18 heavy (non-hydrogen) atoms. The number of nitrogens with one attached hydrogen (secondary N) is 1. The maximum atomic E-state index is 4.49. The summed E-state index contributed by atoms with van der Waals surface area (Å²) in [6, 6.07) is 1.99. The standard InChI is InChI=1S/C13H23N5/c1-14-13-15-7-4-12(16-13)18-8-5-11(6-9-18)10-17(2)3/h4,7,11H,5-6,8-10H2,1-3H3,(H,14,15,16). The summed E-state index contributed by atoms with van der Waals surface area (Å²) >= 11 is 0. The molecular formula is C13H23N5. The number of aromatic nitrogens is 2. The van der Waals surface area contributed by atoms with Crippen molar-refractivity contribution >= 4 is 11.8 Å². The minimum Gasteiger partial charge on any atom is -0.357 e. The van der Waals surface area contributed by atoms with Crippen LogP contribution in [-0.4, -0.2) is 55.6 Å². The first-order valence-corrected chi connectivity index (χ1v) is 6.59. The Morgan fingerprint density at radius 2 is 2.11 bits per heavy atom. The van der Waals surface area contributed by atoms with Crippen LogP contribution in [0.15, 0.2) is 12.3 Å². The second-order valence-electron chi connectivity index (χ2n) is 5.18. The highest BCUT2D eigenvalue weighted by Gasteiger charge is 2.20. The van der Waals surface area contributed by atoms with Crippen molar-refractivity contribution in [2.24, 2.45) is 5.92 Å². The molecule has 100 valence electrons. The van der Waals surface area contributed by atoms with Crippen molar-refractivity contribution in [3.63, 3.8) is 0 Å². The van der Waals surface area contributed by atoms with E-state index in [1.807, 2.05) is 19.3 Å². The molecule has 2 heterocycles. The Balaban J connectivity index is 1.92. The van der Waals surface area contributed by atoms with Crippen molar-refractivity contribution in [3.8, 4) is 0 Å². The van der Waals surface area contributed by atoms with Crippen molar-refractivity contribution in [3.05, 3.63) is 12.3 Å². The molecule has 0 aliphatic carbocycles. The van der Waals surface area contributed by atoms with Gasteiger partial charge in [0.15, 0.2) is 0 Å². The normalized spacial score (nSPS) is 17.2. The Bertz CT molecular complexity index is 371. The van der Waals surface area contributed by atoms with Crippen molar-refractivity contribution < 1.29 is 0 Å². The highest BCUT2D eigenvalue weighted by Crippen LogP contribution is 2.22. The van der Waals surface area contributed by atoms with Crippen LogP contribution in [0.3, 0.4) is 0 Å². The van der Waals surface area contributed by atoms with Crippen LogP contribution in [0.1, 0.15) is 12.8 Å². The van der Waals surface area contributed by atoms with E-state index in [1.165, 1.54) is 19.4 Å². The van der Waals surface area contributed by atoms with Gasteiger partial charge in [0.05, 0.1) is 0 Å². The molecule has 0 unspecified atom stereocenters. The van der Waals surface area contributed by atoms with E-state index < -0.39 is 0 Å². The fourth-order valence-corrected chi connectivity index (χ4v) is 2.51. The van der Waals surface area contributed by atoms with E-state index in [0.29, 0.717) is 5.95 Å². The molecule has 0 bridgehead atoms. The van der Waals surface area contributed by atoms with Crippen molar-refractivity contribution in [2.75, 3.05) is 51.0 Å². The smallest absolute Gasteiger partial charge is 0.224 e. The average molecular weight is 249 g/mol. The van der Waals surface area contributed by atoms with Gasteiger partial charge < -0.3 is 15.1 Å². The van der Waals surface area contributed by atoms with Crippen LogP contribution >= 0.6 is 0 Å². The summed E-state index contributed by atoms with van der Waals surface area (Å²) in [5, 5.41) is 2.99. The van der Waals surface area contributed by atoms with E-state index in [0.717, 1.165) is 24.8 Å². The van der Waals surface area contributed by atoms with E-state index in [1.54, 1.807) is 0 Å². The molecule has 1 aliphatic heterocycles. The lowest BCUT2D eigenvalue weighted by Crippen LogP contribution is -2.37. The second kappa shape index (κ2) is 6.00. The van der Waals surface area contributed by atoms with Crippen LogP contribution in [-0.2, 0) is 0 Å². The van der Waals surface area contributed by atoms with Crippen LogP contribution in [0.5, 0.6) is 0 Å². The van der Waals surface area contributed by atoms with Crippen molar-refractivity contribution in [1.29, 1.82) is 0 Å². The zero-order valence-electron chi connectivity index (χ0n) is 11.6. The molecule has 0 amide bonds. The van der Waals surface area contributed by atoms with Crippen molar-refractivity contribution in [1.82, 2.24) is 14.9 Å². The molecule has 0 saturated carbocycles. The number of hydrogen-bond donors (Lipinski definition) is 1.